The highest BCUT2D eigenvalue weighted by atomic mass is 16.5. The predicted octanol–water partition coefficient (Wildman–Crippen LogP) is 3.40. The molecule has 1 heterocycles. The number of nitrogens with one attached hydrogen (secondary N) is 2. The number of anilines is 1. The maximum Gasteiger partial charge on any atom is 0.337 e. The maximum atomic E-state index is 12.8. The molecule has 0 aliphatic carbocycles. The zero-order chi connectivity index (χ0) is 22.2. The van der Waals surface area contributed by atoms with Gasteiger partial charge in [0.2, 0.25) is 0 Å². The lowest BCUT2D eigenvalue weighted by atomic mass is 10.1. The molecule has 0 radical (unpaired) electrons. The molecule has 0 saturated heterocycles. The van der Waals surface area contributed by atoms with Gasteiger partial charge in [0, 0.05) is 24.5 Å². The summed E-state index contributed by atoms with van der Waals surface area (Å²) in [7, 11) is 1.34. The summed E-state index contributed by atoms with van der Waals surface area (Å²) in [5, 5.41) is 5.72. The van der Waals surface area contributed by atoms with Gasteiger partial charge in [-0.2, -0.15) is 0 Å². The minimum atomic E-state index is -0.388. The van der Waals surface area contributed by atoms with E-state index in [0.717, 1.165) is 11.1 Å². The summed E-state index contributed by atoms with van der Waals surface area (Å²) in [6, 6.07) is 15.5. The molecule has 2 N–H and O–H groups in total. The van der Waals surface area contributed by atoms with Gasteiger partial charge in [-0.3, -0.25) is 14.6 Å². The molecular weight excluding hydrogens is 394 g/mol. The van der Waals surface area contributed by atoms with Crippen LogP contribution in [0.25, 0.3) is 0 Å². The summed E-state index contributed by atoms with van der Waals surface area (Å²) in [4.78, 5) is 40.7. The highest BCUT2D eigenvalue weighted by Gasteiger charge is 2.16. The van der Waals surface area contributed by atoms with Crippen molar-refractivity contribution >= 4 is 23.5 Å². The van der Waals surface area contributed by atoms with Crippen molar-refractivity contribution < 1.29 is 19.1 Å². The smallest absolute Gasteiger partial charge is 0.337 e. The number of hydrogen-bond acceptors (Lipinski definition) is 5. The van der Waals surface area contributed by atoms with Crippen molar-refractivity contribution in [2.75, 3.05) is 19.0 Å². The zero-order valence-electron chi connectivity index (χ0n) is 17.3. The third-order valence-electron chi connectivity index (χ3n) is 4.77. The van der Waals surface area contributed by atoms with E-state index < -0.39 is 0 Å². The van der Waals surface area contributed by atoms with Crippen molar-refractivity contribution in [1.82, 2.24) is 10.3 Å². The molecular formula is C24H23N3O4. The number of carbonyl (C=O) groups is 3. The second-order valence-corrected chi connectivity index (χ2v) is 6.88. The first-order valence-corrected chi connectivity index (χ1v) is 9.76. The normalized spacial score (nSPS) is 10.3. The number of aromatic nitrogens is 1. The van der Waals surface area contributed by atoms with Gasteiger partial charge in [-0.1, -0.05) is 24.3 Å². The molecule has 7 nitrogen and oxygen atoms in total. The predicted molar refractivity (Wildman–Crippen MR) is 117 cm³/mol. The number of ether oxygens (including phenoxy) is 1. The molecule has 1 aromatic heterocycles. The summed E-state index contributed by atoms with van der Waals surface area (Å²) in [5.74, 6) is -0.975. The summed E-state index contributed by atoms with van der Waals surface area (Å²) in [6.45, 7) is 2.24. The SMILES string of the molecule is COC(=O)c1ccc(CCNC(=O)c2cccc(C)c2NC(=O)c2ccncc2)cc1. The van der Waals surface area contributed by atoms with Gasteiger partial charge in [0.15, 0.2) is 0 Å². The Morgan fingerprint density at radius 1 is 0.903 bits per heavy atom. The van der Waals surface area contributed by atoms with E-state index in [1.54, 1.807) is 36.4 Å². The fourth-order valence-electron chi connectivity index (χ4n) is 3.05. The molecule has 158 valence electrons. The third-order valence-corrected chi connectivity index (χ3v) is 4.77. The van der Waals surface area contributed by atoms with Crippen molar-refractivity contribution in [2.45, 2.75) is 13.3 Å². The number of pyridine rings is 1. The Bertz CT molecular complexity index is 1080. The van der Waals surface area contributed by atoms with Gasteiger partial charge in [-0.25, -0.2) is 4.79 Å². The van der Waals surface area contributed by atoms with Gasteiger partial charge in [0.05, 0.1) is 23.9 Å². The second kappa shape index (κ2) is 10.2. The van der Waals surface area contributed by atoms with E-state index in [1.807, 2.05) is 25.1 Å². The van der Waals surface area contributed by atoms with Gasteiger partial charge < -0.3 is 15.4 Å². The number of methoxy groups -OCH3 is 1. The summed E-state index contributed by atoms with van der Waals surface area (Å²) < 4.78 is 4.69. The van der Waals surface area contributed by atoms with Crippen LogP contribution in [0.2, 0.25) is 0 Å². The van der Waals surface area contributed by atoms with Crippen LogP contribution in [-0.2, 0) is 11.2 Å². The number of rotatable bonds is 7. The van der Waals surface area contributed by atoms with Crippen molar-refractivity contribution in [2.24, 2.45) is 0 Å². The fraction of sp³-hybridized carbons (Fsp3) is 0.167. The minimum Gasteiger partial charge on any atom is -0.465 e. The molecule has 0 aliphatic rings. The fourth-order valence-corrected chi connectivity index (χ4v) is 3.05. The van der Waals surface area contributed by atoms with Gasteiger partial charge >= 0.3 is 5.97 Å². The van der Waals surface area contributed by atoms with E-state index >= 15 is 0 Å². The molecule has 2 amide bonds. The van der Waals surface area contributed by atoms with E-state index in [2.05, 4.69) is 20.4 Å². The number of benzene rings is 2. The first-order chi connectivity index (χ1) is 15.0. The number of hydrogen-bond donors (Lipinski definition) is 2. The Balaban J connectivity index is 1.64. The highest BCUT2D eigenvalue weighted by molar-refractivity contribution is 6.09. The number of nitrogens with zero attached hydrogens (tertiary/aromatic N) is 1. The van der Waals surface area contributed by atoms with Crippen LogP contribution >= 0.6 is 0 Å². The lowest BCUT2D eigenvalue weighted by Crippen LogP contribution is -2.27. The standard InChI is InChI=1S/C24H23N3O4/c1-16-4-3-5-20(21(16)27-22(28)18-11-13-25-14-12-18)23(29)26-15-10-17-6-8-19(9-7-17)24(30)31-2/h3-9,11-14H,10,15H2,1-2H3,(H,26,29)(H,27,28). The molecule has 2 aromatic carbocycles. The Hall–Kier alpha value is -4.00. The number of esters is 1. The van der Waals surface area contributed by atoms with Crippen LogP contribution in [0.5, 0.6) is 0 Å². The minimum absolute atomic E-state index is 0.278. The van der Waals surface area contributed by atoms with Crippen LogP contribution < -0.4 is 10.6 Å². The molecule has 3 rings (SSSR count). The lowest BCUT2D eigenvalue weighted by molar-refractivity contribution is 0.0600. The number of amides is 2. The second-order valence-electron chi connectivity index (χ2n) is 6.88. The van der Waals surface area contributed by atoms with E-state index in [1.165, 1.54) is 19.5 Å². The van der Waals surface area contributed by atoms with Gasteiger partial charge in [-0.15, -0.1) is 0 Å². The molecule has 0 spiro atoms. The van der Waals surface area contributed by atoms with Crippen LogP contribution in [0.4, 0.5) is 5.69 Å². The molecule has 0 atom stereocenters. The largest absolute Gasteiger partial charge is 0.465 e. The van der Waals surface area contributed by atoms with Gasteiger partial charge in [0.25, 0.3) is 11.8 Å². The van der Waals surface area contributed by atoms with Crippen LogP contribution in [0.1, 0.15) is 42.2 Å². The number of aryl methyl sites for hydroxylation is 1. The topological polar surface area (TPSA) is 97.4 Å². The van der Waals surface area contributed by atoms with Crippen molar-refractivity contribution in [3.05, 3.63) is 94.8 Å². The summed E-state index contributed by atoms with van der Waals surface area (Å²) in [5.41, 5.74) is 3.56. The molecule has 0 unspecified atom stereocenters. The highest BCUT2D eigenvalue weighted by Crippen LogP contribution is 2.21. The first-order valence-electron chi connectivity index (χ1n) is 9.76. The van der Waals surface area contributed by atoms with Gasteiger partial charge in [-0.05, 0) is 54.8 Å². The number of carbonyl (C=O) groups excluding carboxylic acids is 3. The van der Waals surface area contributed by atoms with E-state index in [0.29, 0.717) is 35.3 Å². The lowest BCUT2D eigenvalue weighted by Gasteiger charge is -2.14. The average Bonchev–Trinajstić information content (AvgIpc) is 2.80. The Morgan fingerprint density at radius 2 is 1.61 bits per heavy atom. The van der Waals surface area contributed by atoms with Crippen molar-refractivity contribution in [3.8, 4) is 0 Å². The maximum absolute atomic E-state index is 12.8. The van der Waals surface area contributed by atoms with Crippen LogP contribution in [0.3, 0.4) is 0 Å². The third kappa shape index (κ3) is 5.54. The summed E-state index contributed by atoms with van der Waals surface area (Å²) >= 11 is 0. The van der Waals surface area contributed by atoms with Crippen LogP contribution in [-0.4, -0.2) is 36.4 Å². The average molecular weight is 417 g/mol. The molecule has 0 fully saturated rings. The Kier molecular flexibility index (Phi) is 7.11. The first kappa shape index (κ1) is 21.7. The number of para-hydroxylation sites is 1. The monoisotopic (exact) mass is 417 g/mol. The quantitative estimate of drug-likeness (QED) is 0.574. The molecule has 0 aliphatic heterocycles. The molecule has 3 aromatic rings. The molecule has 0 saturated carbocycles. The Labute approximate surface area is 180 Å². The molecule has 7 heteroatoms. The molecule has 31 heavy (non-hydrogen) atoms. The Morgan fingerprint density at radius 3 is 2.29 bits per heavy atom. The van der Waals surface area contributed by atoms with Crippen molar-refractivity contribution in [3.63, 3.8) is 0 Å². The van der Waals surface area contributed by atoms with E-state index in [9.17, 15) is 14.4 Å². The molecule has 0 bridgehead atoms. The van der Waals surface area contributed by atoms with Crippen molar-refractivity contribution in [1.29, 1.82) is 0 Å². The van der Waals surface area contributed by atoms with E-state index in [-0.39, 0.29) is 17.8 Å². The van der Waals surface area contributed by atoms with Gasteiger partial charge in [0.1, 0.15) is 0 Å². The zero-order valence-corrected chi connectivity index (χ0v) is 17.3. The van der Waals surface area contributed by atoms with Crippen LogP contribution in [0, 0.1) is 6.92 Å². The van der Waals surface area contributed by atoms with Crippen LogP contribution in [0.15, 0.2) is 67.0 Å². The van der Waals surface area contributed by atoms with E-state index in [4.69, 9.17) is 0 Å². The summed E-state index contributed by atoms with van der Waals surface area (Å²) in [6.07, 6.45) is 3.67.